The lowest BCUT2D eigenvalue weighted by atomic mass is 10.1. The van der Waals surface area contributed by atoms with Gasteiger partial charge in [0.05, 0.1) is 6.10 Å². The Kier molecular flexibility index (Phi) is 3.87. The Hall–Kier alpha value is -1.55. The van der Waals surface area contributed by atoms with Gasteiger partial charge in [0.2, 0.25) is 0 Å². The van der Waals surface area contributed by atoms with Crippen LogP contribution in [0.1, 0.15) is 17.5 Å². The van der Waals surface area contributed by atoms with E-state index in [1.807, 2.05) is 26.0 Å². The minimum absolute atomic E-state index is 0.0373. The number of amides is 1. The SMILES string of the molecule is Cc1cc(C)cc(OCC(=O)N2CCC(O)C2)c1. The molecule has 18 heavy (non-hydrogen) atoms. The quantitative estimate of drug-likeness (QED) is 0.877. The van der Waals surface area contributed by atoms with E-state index in [-0.39, 0.29) is 18.6 Å². The van der Waals surface area contributed by atoms with Gasteiger partial charge in [0.25, 0.3) is 5.91 Å². The monoisotopic (exact) mass is 249 g/mol. The molecule has 1 N–H and O–H groups in total. The van der Waals surface area contributed by atoms with E-state index in [1.54, 1.807) is 4.90 Å². The molecule has 0 radical (unpaired) electrons. The summed E-state index contributed by atoms with van der Waals surface area (Å²) in [5.74, 6) is 0.659. The van der Waals surface area contributed by atoms with Crippen molar-refractivity contribution in [3.8, 4) is 5.75 Å². The van der Waals surface area contributed by atoms with Crippen LogP contribution in [-0.2, 0) is 4.79 Å². The number of nitrogens with zero attached hydrogens (tertiary/aromatic N) is 1. The van der Waals surface area contributed by atoms with Crippen molar-refractivity contribution in [3.05, 3.63) is 29.3 Å². The molecule has 1 atom stereocenters. The van der Waals surface area contributed by atoms with Gasteiger partial charge in [0.15, 0.2) is 6.61 Å². The summed E-state index contributed by atoms with van der Waals surface area (Å²) < 4.78 is 5.50. The first kappa shape index (κ1) is 12.9. The number of carbonyl (C=O) groups excluding carboxylic acids is 1. The zero-order valence-electron chi connectivity index (χ0n) is 10.8. The fourth-order valence-corrected chi connectivity index (χ4v) is 2.22. The van der Waals surface area contributed by atoms with E-state index in [4.69, 9.17) is 4.74 Å². The smallest absolute Gasteiger partial charge is 0.260 e. The first-order chi connectivity index (χ1) is 8.54. The summed E-state index contributed by atoms with van der Waals surface area (Å²) in [7, 11) is 0. The van der Waals surface area contributed by atoms with Crippen LogP contribution >= 0.6 is 0 Å². The minimum Gasteiger partial charge on any atom is -0.484 e. The fourth-order valence-electron chi connectivity index (χ4n) is 2.22. The van der Waals surface area contributed by atoms with Crippen LogP contribution in [0.25, 0.3) is 0 Å². The molecule has 0 saturated carbocycles. The summed E-state index contributed by atoms with van der Waals surface area (Å²) in [6.45, 7) is 5.08. The zero-order chi connectivity index (χ0) is 13.1. The lowest BCUT2D eigenvalue weighted by Gasteiger charge is -2.16. The predicted octanol–water partition coefficient (Wildman–Crippen LogP) is 1.28. The van der Waals surface area contributed by atoms with Gasteiger partial charge in [-0.25, -0.2) is 0 Å². The highest BCUT2D eigenvalue weighted by Crippen LogP contribution is 2.16. The molecule has 0 aliphatic carbocycles. The number of aryl methyl sites for hydroxylation is 2. The summed E-state index contributed by atoms with van der Waals surface area (Å²) in [4.78, 5) is 13.5. The number of aliphatic hydroxyl groups excluding tert-OH is 1. The standard InChI is InChI=1S/C14H19NO3/c1-10-5-11(2)7-13(6-10)18-9-14(17)15-4-3-12(16)8-15/h5-7,12,16H,3-4,8-9H2,1-2H3. The third-order valence-electron chi connectivity index (χ3n) is 3.07. The highest BCUT2D eigenvalue weighted by atomic mass is 16.5. The summed E-state index contributed by atoms with van der Waals surface area (Å²) in [5.41, 5.74) is 2.24. The molecular formula is C14H19NO3. The van der Waals surface area contributed by atoms with Crippen LogP contribution in [0, 0.1) is 13.8 Å². The third kappa shape index (κ3) is 3.23. The number of likely N-dealkylation sites (tertiary alicyclic amines) is 1. The molecular weight excluding hydrogens is 230 g/mol. The van der Waals surface area contributed by atoms with Crippen molar-refractivity contribution < 1.29 is 14.6 Å². The number of ether oxygens (including phenoxy) is 1. The minimum atomic E-state index is -0.379. The predicted molar refractivity (Wildman–Crippen MR) is 68.6 cm³/mol. The van der Waals surface area contributed by atoms with Crippen LogP contribution in [0.2, 0.25) is 0 Å². The average Bonchev–Trinajstić information content (AvgIpc) is 2.71. The van der Waals surface area contributed by atoms with E-state index in [1.165, 1.54) is 0 Å². The molecule has 1 aromatic rings. The average molecular weight is 249 g/mol. The molecule has 4 heteroatoms. The molecule has 1 aliphatic heterocycles. The number of benzene rings is 1. The highest BCUT2D eigenvalue weighted by molar-refractivity contribution is 5.78. The number of β-amino-alcohol motifs (C(OH)–C–C–N with tert-alkyl or cyclic N) is 1. The van der Waals surface area contributed by atoms with Gasteiger partial charge in [-0.2, -0.15) is 0 Å². The van der Waals surface area contributed by atoms with Gasteiger partial charge in [-0.1, -0.05) is 6.07 Å². The van der Waals surface area contributed by atoms with Gasteiger partial charge >= 0.3 is 0 Å². The van der Waals surface area contributed by atoms with Crippen LogP contribution in [0.5, 0.6) is 5.75 Å². The van der Waals surface area contributed by atoms with Gasteiger partial charge in [0, 0.05) is 13.1 Å². The molecule has 1 aromatic carbocycles. The van der Waals surface area contributed by atoms with Crippen molar-refractivity contribution in [2.75, 3.05) is 19.7 Å². The normalized spacial score (nSPS) is 19.1. The number of hydrogen-bond acceptors (Lipinski definition) is 3. The lowest BCUT2D eigenvalue weighted by molar-refractivity contribution is -0.132. The van der Waals surface area contributed by atoms with Crippen molar-refractivity contribution in [1.82, 2.24) is 4.90 Å². The van der Waals surface area contributed by atoms with E-state index in [2.05, 4.69) is 6.07 Å². The van der Waals surface area contributed by atoms with Gasteiger partial charge < -0.3 is 14.7 Å². The zero-order valence-corrected chi connectivity index (χ0v) is 10.8. The summed E-state index contributed by atoms with van der Waals surface area (Å²) >= 11 is 0. The maximum atomic E-state index is 11.8. The van der Waals surface area contributed by atoms with E-state index in [0.717, 1.165) is 16.9 Å². The number of aliphatic hydroxyl groups is 1. The number of hydrogen-bond donors (Lipinski definition) is 1. The first-order valence-corrected chi connectivity index (χ1v) is 6.21. The van der Waals surface area contributed by atoms with Gasteiger partial charge in [-0.3, -0.25) is 4.79 Å². The molecule has 0 spiro atoms. The molecule has 0 aromatic heterocycles. The molecule has 98 valence electrons. The largest absolute Gasteiger partial charge is 0.484 e. The summed E-state index contributed by atoms with van der Waals surface area (Å²) in [5, 5.41) is 9.37. The van der Waals surface area contributed by atoms with E-state index >= 15 is 0 Å². The molecule has 1 amide bonds. The highest BCUT2D eigenvalue weighted by Gasteiger charge is 2.24. The molecule has 2 rings (SSSR count). The maximum Gasteiger partial charge on any atom is 0.260 e. The maximum absolute atomic E-state index is 11.8. The lowest BCUT2D eigenvalue weighted by Crippen LogP contribution is -2.33. The Balaban J connectivity index is 1.89. The topological polar surface area (TPSA) is 49.8 Å². The Morgan fingerprint density at radius 2 is 2.06 bits per heavy atom. The van der Waals surface area contributed by atoms with Crippen LogP contribution in [0.15, 0.2) is 18.2 Å². The molecule has 1 saturated heterocycles. The van der Waals surface area contributed by atoms with Crippen molar-refractivity contribution in [1.29, 1.82) is 0 Å². The van der Waals surface area contributed by atoms with E-state index in [9.17, 15) is 9.90 Å². The Labute approximate surface area is 107 Å². The van der Waals surface area contributed by atoms with Gasteiger partial charge in [-0.15, -0.1) is 0 Å². The van der Waals surface area contributed by atoms with Crippen LogP contribution in [0.4, 0.5) is 0 Å². The molecule has 1 fully saturated rings. The first-order valence-electron chi connectivity index (χ1n) is 6.21. The third-order valence-corrected chi connectivity index (χ3v) is 3.07. The van der Waals surface area contributed by atoms with E-state index < -0.39 is 0 Å². The van der Waals surface area contributed by atoms with Gasteiger partial charge in [-0.05, 0) is 43.5 Å². The second kappa shape index (κ2) is 5.40. The Morgan fingerprint density at radius 1 is 1.39 bits per heavy atom. The van der Waals surface area contributed by atoms with Crippen molar-refractivity contribution in [2.45, 2.75) is 26.4 Å². The molecule has 1 heterocycles. The van der Waals surface area contributed by atoms with E-state index in [0.29, 0.717) is 19.5 Å². The second-order valence-electron chi connectivity index (χ2n) is 4.89. The summed E-state index contributed by atoms with van der Waals surface area (Å²) in [6.07, 6.45) is 0.283. The molecule has 4 nitrogen and oxygen atoms in total. The van der Waals surface area contributed by atoms with Crippen LogP contribution in [0.3, 0.4) is 0 Å². The van der Waals surface area contributed by atoms with Crippen LogP contribution in [-0.4, -0.2) is 41.7 Å². The van der Waals surface area contributed by atoms with Gasteiger partial charge in [0.1, 0.15) is 5.75 Å². The number of rotatable bonds is 3. The molecule has 0 bridgehead atoms. The Morgan fingerprint density at radius 3 is 2.61 bits per heavy atom. The summed E-state index contributed by atoms with van der Waals surface area (Å²) in [6, 6.07) is 5.89. The number of carbonyl (C=O) groups is 1. The van der Waals surface area contributed by atoms with Crippen molar-refractivity contribution in [2.24, 2.45) is 0 Å². The molecule has 1 unspecified atom stereocenters. The molecule has 1 aliphatic rings. The second-order valence-corrected chi connectivity index (χ2v) is 4.89. The van der Waals surface area contributed by atoms with Crippen LogP contribution < -0.4 is 4.74 Å². The fraction of sp³-hybridized carbons (Fsp3) is 0.500. The van der Waals surface area contributed by atoms with Crippen molar-refractivity contribution >= 4 is 5.91 Å². The van der Waals surface area contributed by atoms with Crippen molar-refractivity contribution in [3.63, 3.8) is 0 Å². The Bertz CT molecular complexity index is 424.